The van der Waals surface area contributed by atoms with Crippen LogP contribution in [0.5, 0.6) is 0 Å². The van der Waals surface area contributed by atoms with E-state index in [9.17, 15) is 0 Å². The summed E-state index contributed by atoms with van der Waals surface area (Å²) in [6, 6.07) is 7.54. The molecular weight excluding hydrogens is 250 g/mol. The number of nitrogens with one attached hydrogen (secondary N) is 1. The van der Waals surface area contributed by atoms with Crippen LogP contribution in [0.2, 0.25) is 0 Å². The molecule has 0 fully saturated rings. The summed E-state index contributed by atoms with van der Waals surface area (Å²) in [6.45, 7) is 0.294. The third kappa shape index (κ3) is 2.03. The van der Waals surface area contributed by atoms with Crippen LogP contribution in [0.25, 0.3) is 21.5 Å². The second-order valence-corrected chi connectivity index (χ2v) is 3.54. The van der Waals surface area contributed by atoms with E-state index in [1.54, 1.807) is 4.68 Å². The van der Waals surface area contributed by atoms with E-state index in [1.807, 2.05) is 24.3 Å². The molecule has 0 aliphatic carbocycles. The fourth-order valence-corrected chi connectivity index (χ4v) is 1.59. The zero-order valence-electron chi connectivity index (χ0n) is 9.50. The highest BCUT2D eigenvalue weighted by atomic mass is 16.6. The van der Waals surface area contributed by atoms with Crippen LogP contribution >= 0.6 is 0 Å². The van der Waals surface area contributed by atoms with Crippen molar-refractivity contribution in [1.82, 2.24) is 25.3 Å². The molecule has 0 unspecified atom stereocenters. The van der Waals surface area contributed by atoms with Crippen molar-refractivity contribution in [2.24, 2.45) is 5.11 Å². The number of aromatic nitrogens is 5. The Morgan fingerprint density at radius 2 is 2.26 bits per heavy atom. The Labute approximate surface area is 105 Å². The summed E-state index contributed by atoms with van der Waals surface area (Å²) in [5.74, 6) is 0.296. The molecule has 0 aliphatic heterocycles. The van der Waals surface area contributed by atoms with Crippen LogP contribution in [0.15, 0.2) is 34.0 Å². The van der Waals surface area contributed by atoms with Gasteiger partial charge >= 0.3 is 0 Å². The zero-order valence-corrected chi connectivity index (χ0v) is 9.50. The largest absolute Gasteiger partial charge is 0.346 e. The highest BCUT2D eigenvalue weighted by Crippen LogP contribution is 2.19. The molecule has 2 aromatic heterocycles. The van der Waals surface area contributed by atoms with Crippen molar-refractivity contribution < 1.29 is 4.63 Å². The van der Waals surface area contributed by atoms with Crippen molar-refractivity contribution in [2.75, 3.05) is 5.32 Å². The number of anilines is 1. The second kappa shape index (κ2) is 4.63. The summed E-state index contributed by atoms with van der Waals surface area (Å²) < 4.78 is 6.13. The lowest BCUT2D eigenvalue weighted by Crippen LogP contribution is -2.09. The van der Waals surface area contributed by atoms with E-state index >= 15 is 0 Å². The molecule has 3 aromatic rings. The van der Waals surface area contributed by atoms with Gasteiger partial charge in [-0.2, -0.15) is 0 Å². The molecule has 0 aliphatic rings. The summed E-state index contributed by atoms with van der Waals surface area (Å²) in [5.41, 5.74) is 10.0. The average Bonchev–Trinajstić information content (AvgIpc) is 3.04. The van der Waals surface area contributed by atoms with Gasteiger partial charge in [-0.1, -0.05) is 17.3 Å². The first-order chi connectivity index (χ1) is 9.38. The Bertz CT molecular complexity index is 754. The van der Waals surface area contributed by atoms with Gasteiger partial charge in [0.2, 0.25) is 11.6 Å². The van der Waals surface area contributed by atoms with Crippen LogP contribution in [0.3, 0.4) is 0 Å². The molecule has 0 radical (unpaired) electrons. The Morgan fingerprint density at radius 1 is 1.37 bits per heavy atom. The van der Waals surface area contributed by atoms with Gasteiger partial charge in [-0.3, -0.25) is 0 Å². The quantitative estimate of drug-likeness (QED) is 0.431. The maximum absolute atomic E-state index is 8.35. The van der Waals surface area contributed by atoms with Crippen LogP contribution < -0.4 is 5.32 Å². The minimum absolute atomic E-state index is 0.0481. The van der Waals surface area contributed by atoms with E-state index < -0.39 is 0 Å². The number of hydrogen-bond donors (Lipinski definition) is 1. The second-order valence-electron chi connectivity index (χ2n) is 3.54. The molecule has 0 saturated carbocycles. The van der Waals surface area contributed by atoms with Crippen LogP contribution in [0.4, 0.5) is 11.6 Å². The van der Waals surface area contributed by atoms with Crippen molar-refractivity contribution in [3.63, 3.8) is 0 Å². The predicted molar refractivity (Wildman–Crippen MR) is 64.3 cm³/mol. The molecule has 0 atom stereocenters. The molecule has 0 saturated heterocycles. The first-order valence-electron chi connectivity index (χ1n) is 5.28. The highest BCUT2D eigenvalue weighted by Gasteiger charge is 2.08. The number of hydrogen-bond acceptors (Lipinski definition) is 7. The molecule has 10 nitrogen and oxygen atoms in total. The van der Waals surface area contributed by atoms with E-state index in [4.69, 9.17) is 5.53 Å². The number of nitrogens with zero attached hydrogens (tertiary/aromatic N) is 8. The Balaban J connectivity index is 1.82. The summed E-state index contributed by atoms with van der Waals surface area (Å²) in [6.07, 6.45) is 0. The van der Waals surface area contributed by atoms with E-state index in [2.05, 4.69) is 40.6 Å². The molecule has 94 valence electrons. The van der Waals surface area contributed by atoms with Crippen molar-refractivity contribution in [3.8, 4) is 0 Å². The first kappa shape index (κ1) is 11.0. The lowest BCUT2D eigenvalue weighted by molar-refractivity contribution is 0.309. The third-order valence-electron chi connectivity index (χ3n) is 2.43. The Kier molecular flexibility index (Phi) is 2.67. The molecule has 0 spiro atoms. The Hall–Kier alpha value is -3.13. The van der Waals surface area contributed by atoms with Gasteiger partial charge in [0.05, 0.1) is 5.52 Å². The molecule has 2 heterocycles. The molecule has 0 bridgehead atoms. The van der Waals surface area contributed by atoms with Crippen LogP contribution in [0, 0.1) is 0 Å². The normalized spacial score (nSPS) is 10.3. The maximum Gasteiger partial charge on any atom is 0.214 e. The van der Waals surface area contributed by atoms with Gasteiger partial charge in [0, 0.05) is 4.91 Å². The minimum atomic E-state index is 0.0481. The lowest BCUT2D eigenvalue weighted by atomic mass is 10.3. The molecule has 1 aromatic carbocycles. The highest BCUT2D eigenvalue weighted by molar-refractivity contribution is 5.73. The average molecular weight is 257 g/mol. The van der Waals surface area contributed by atoms with Gasteiger partial charge in [0.1, 0.15) is 12.2 Å². The van der Waals surface area contributed by atoms with Crippen LogP contribution in [-0.2, 0) is 6.67 Å². The lowest BCUT2D eigenvalue weighted by Gasteiger charge is -2.02. The van der Waals surface area contributed by atoms with E-state index in [1.165, 1.54) is 0 Å². The Morgan fingerprint density at radius 3 is 3.16 bits per heavy atom. The van der Waals surface area contributed by atoms with Gasteiger partial charge < -0.3 is 5.32 Å². The summed E-state index contributed by atoms with van der Waals surface area (Å²) in [4.78, 5) is 2.62. The van der Waals surface area contributed by atoms with E-state index in [0.717, 1.165) is 11.0 Å². The summed E-state index contributed by atoms with van der Waals surface area (Å²) >= 11 is 0. The molecule has 0 amide bonds. The van der Waals surface area contributed by atoms with Crippen LogP contribution in [0.1, 0.15) is 0 Å². The number of para-hydroxylation sites is 1. The number of benzene rings is 1. The smallest absolute Gasteiger partial charge is 0.214 e. The number of rotatable bonds is 4. The van der Waals surface area contributed by atoms with Gasteiger partial charge in [0.15, 0.2) is 0 Å². The third-order valence-corrected chi connectivity index (χ3v) is 2.43. The van der Waals surface area contributed by atoms with Crippen molar-refractivity contribution >= 4 is 22.7 Å². The standard InChI is InChI=1S/C9H7N9O/c10-16-13-9-8(14-19-15-9)11-5-18-7-4-2-1-3-6(7)12-17-18/h1-4H,5H2,(H,11,14). The fraction of sp³-hybridized carbons (Fsp3) is 0.111. The van der Waals surface area contributed by atoms with Crippen molar-refractivity contribution in [2.45, 2.75) is 6.67 Å². The maximum atomic E-state index is 8.35. The van der Waals surface area contributed by atoms with Gasteiger partial charge in [-0.05, 0) is 33.1 Å². The molecular formula is C9H7N9O. The van der Waals surface area contributed by atoms with Gasteiger partial charge in [-0.15, -0.1) is 5.10 Å². The van der Waals surface area contributed by atoms with E-state index in [-0.39, 0.29) is 11.6 Å². The topological polar surface area (TPSA) is 130 Å². The predicted octanol–water partition coefficient (Wildman–Crippen LogP) is 1.83. The minimum Gasteiger partial charge on any atom is -0.346 e. The first-order valence-corrected chi connectivity index (χ1v) is 5.28. The molecule has 19 heavy (non-hydrogen) atoms. The van der Waals surface area contributed by atoms with Crippen LogP contribution in [-0.4, -0.2) is 25.3 Å². The SMILES string of the molecule is [N-]=[N+]=Nc1nonc1NCn1nnc2ccccc21. The van der Waals surface area contributed by atoms with Gasteiger partial charge in [0.25, 0.3) is 0 Å². The van der Waals surface area contributed by atoms with Gasteiger partial charge in [-0.25, -0.2) is 9.31 Å². The van der Waals surface area contributed by atoms with Crippen molar-refractivity contribution in [1.29, 1.82) is 0 Å². The molecule has 10 heteroatoms. The van der Waals surface area contributed by atoms with E-state index in [0.29, 0.717) is 6.67 Å². The van der Waals surface area contributed by atoms with Crippen molar-refractivity contribution in [3.05, 3.63) is 34.7 Å². The number of fused-ring (bicyclic) bond motifs is 1. The zero-order chi connectivity index (χ0) is 13.1. The summed E-state index contributed by atoms with van der Waals surface area (Å²) in [5, 5.41) is 21.3. The molecule has 1 N–H and O–H groups in total. The fourth-order valence-electron chi connectivity index (χ4n) is 1.59. The summed E-state index contributed by atoms with van der Waals surface area (Å²) in [7, 11) is 0. The molecule has 3 rings (SSSR count). The number of azide groups is 1. The monoisotopic (exact) mass is 257 g/mol.